The molecule has 0 radical (unpaired) electrons. The van der Waals surface area contributed by atoms with Gasteiger partial charge < -0.3 is 15.0 Å². The summed E-state index contributed by atoms with van der Waals surface area (Å²) in [6.07, 6.45) is -1.07. The molecule has 0 aliphatic heterocycles. The van der Waals surface area contributed by atoms with E-state index in [-0.39, 0.29) is 46.0 Å². The number of aromatic amines is 1. The van der Waals surface area contributed by atoms with Crippen molar-refractivity contribution in [2.75, 3.05) is 33.8 Å². The number of benzene rings is 2. The first-order valence-corrected chi connectivity index (χ1v) is 12.8. The van der Waals surface area contributed by atoms with Gasteiger partial charge in [0.15, 0.2) is 0 Å². The first-order chi connectivity index (χ1) is 19.6. The van der Waals surface area contributed by atoms with Crippen LogP contribution in [0.5, 0.6) is 5.88 Å². The molecular weight excluding hydrogens is 618 g/mol. The van der Waals surface area contributed by atoms with Crippen molar-refractivity contribution >= 4 is 44.9 Å². The molecule has 7 nitrogen and oxygen atoms in total. The van der Waals surface area contributed by atoms with Gasteiger partial charge in [0.25, 0.3) is 0 Å². The van der Waals surface area contributed by atoms with Crippen LogP contribution in [0.2, 0.25) is 0 Å². The van der Waals surface area contributed by atoms with Crippen molar-refractivity contribution in [1.29, 1.82) is 0 Å². The van der Waals surface area contributed by atoms with Crippen LogP contribution in [0.15, 0.2) is 79.0 Å². The average Bonchev–Trinajstić information content (AvgIpc) is 3.32. The predicted octanol–water partition coefficient (Wildman–Crippen LogP) is 6.20. The highest BCUT2D eigenvalue weighted by atomic mass is 79.9. The van der Waals surface area contributed by atoms with Crippen molar-refractivity contribution in [3.05, 3.63) is 102 Å². The Morgan fingerprint density at radius 2 is 1.79 bits per heavy atom. The summed E-state index contributed by atoms with van der Waals surface area (Å²) in [4.78, 5) is 17.3. The van der Waals surface area contributed by atoms with E-state index in [1.54, 1.807) is 74.8 Å². The van der Waals surface area contributed by atoms with Crippen LogP contribution in [0.3, 0.4) is 0 Å². The number of nitrogens with zero attached hydrogens (tertiary/aromatic N) is 3. The number of hydrogen-bond acceptors (Lipinski definition) is 5. The quantitative estimate of drug-likeness (QED) is 0.0877. The van der Waals surface area contributed by atoms with Crippen molar-refractivity contribution in [2.24, 2.45) is 0 Å². The highest BCUT2D eigenvalue weighted by Gasteiger charge is 2.31. The van der Waals surface area contributed by atoms with E-state index in [2.05, 4.69) is 20.5 Å². The van der Waals surface area contributed by atoms with E-state index in [0.717, 1.165) is 0 Å². The minimum absolute atomic E-state index is 0. The largest absolute Gasteiger partial charge is 0.476 e. The summed E-state index contributed by atoms with van der Waals surface area (Å²) in [5, 5.41) is 9.43. The Morgan fingerprint density at radius 1 is 1.05 bits per heavy atom. The molecule has 2 aromatic heterocycles. The van der Waals surface area contributed by atoms with Gasteiger partial charge in [-0.25, -0.2) is 4.98 Å². The van der Waals surface area contributed by atoms with E-state index in [1.807, 2.05) is 0 Å². The lowest BCUT2D eigenvalue weighted by atomic mass is 9.88. The second-order valence-electron chi connectivity index (χ2n) is 9.35. The second-order valence-corrected chi connectivity index (χ2v) is 9.35. The van der Waals surface area contributed by atoms with Crippen molar-refractivity contribution < 1.29 is 27.1 Å². The minimum atomic E-state index is -4.50. The number of fused-ring (bicyclic) bond motifs is 1. The molecule has 0 aliphatic carbocycles. The Hall–Kier alpha value is -4.03. The molecule has 0 saturated carbocycles. The van der Waals surface area contributed by atoms with Crippen LogP contribution >= 0.6 is 17.0 Å². The maximum Gasteiger partial charge on any atom is 0.393 e. The van der Waals surface area contributed by atoms with Crippen molar-refractivity contribution in [3.8, 4) is 5.88 Å². The number of allylic oxidation sites excluding steroid dienone is 1. The van der Waals surface area contributed by atoms with Gasteiger partial charge in [0.1, 0.15) is 6.61 Å². The molecule has 4 aromatic rings. The molecule has 4 rings (SSSR count). The number of ether oxygens (including phenoxy) is 1. The van der Waals surface area contributed by atoms with Crippen molar-refractivity contribution in [3.63, 3.8) is 0 Å². The number of alkyl halides is 3. The lowest BCUT2D eigenvalue weighted by molar-refractivity contribution is -0.124. The summed E-state index contributed by atoms with van der Waals surface area (Å²) in [7, 11) is 3.34. The molecule has 0 bridgehead atoms. The molecule has 2 N–H and O–H groups in total. The number of halogens is 5. The van der Waals surface area contributed by atoms with E-state index < -0.39 is 18.5 Å². The van der Waals surface area contributed by atoms with Crippen LogP contribution in [0.1, 0.15) is 23.1 Å². The third-order valence-corrected chi connectivity index (χ3v) is 6.11. The number of nitrogens with one attached hydrogen (secondary N) is 2. The van der Waals surface area contributed by atoms with Gasteiger partial charge in [0.2, 0.25) is 17.7 Å². The Balaban J connectivity index is 0.00000484. The van der Waals surface area contributed by atoms with Crippen molar-refractivity contribution in [2.45, 2.75) is 12.6 Å². The van der Waals surface area contributed by atoms with Gasteiger partial charge in [0, 0.05) is 51.1 Å². The first-order valence-electron chi connectivity index (χ1n) is 12.8. The summed E-state index contributed by atoms with van der Waals surface area (Å²) in [6, 6.07) is 16.2. The highest BCUT2D eigenvalue weighted by molar-refractivity contribution is 8.93. The highest BCUT2D eigenvalue weighted by Crippen LogP contribution is 2.40. The Labute approximate surface area is 251 Å². The molecule has 0 atom stereocenters. The zero-order chi connectivity index (χ0) is 29.4. The molecule has 0 aliphatic rings. The van der Waals surface area contributed by atoms with E-state index in [1.165, 1.54) is 23.2 Å². The molecule has 1 amide bonds. The predicted molar refractivity (Wildman–Crippen MR) is 160 cm³/mol. The van der Waals surface area contributed by atoms with Crippen LogP contribution in [0.25, 0.3) is 22.0 Å². The van der Waals surface area contributed by atoms with Gasteiger partial charge in [-0.15, -0.1) is 17.0 Å². The lowest BCUT2D eigenvalue weighted by Gasteiger charge is -2.19. The topological polar surface area (TPSA) is 83.1 Å². The van der Waals surface area contributed by atoms with E-state index in [9.17, 15) is 22.4 Å². The maximum absolute atomic E-state index is 14.4. The van der Waals surface area contributed by atoms with Gasteiger partial charge in [-0.05, 0) is 40.5 Å². The maximum atomic E-state index is 14.4. The summed E-state index contributed by atoms with van der Waals surface area (Å²) >= 11 is 0. The zero-order valence-corrected chi connectivity index (χ0v) is 24.6. The molecule has 0 unspecified atom stereocenters. The number of pyridine rings is 1. The molecule has 0 spiro atoms. The fourth-order valence-electron chi connectivity index (χ4n) is 4.16. The molecule has 0 fully saturated rings. The van der Waals surface area contributed by atoms with E-state index in [0.29, 0.717) is 41.2 Å². The van der Waals surface area contributed by atoms with Gasteiger partial charge in [-0.2, -0.15) is 22.7 Å². The van der Waals surface area contributed by atoms with Gasteiger partial charge >= 0.3 is 6.18 Å². The summed E-state index contributed by atoms with van der Waals surface area (Å²) < 4.78 is 61.6. The third-order valence-electron chi connectivity index (χ3n) is 6.11. The van der Waals surface area contributed by atoms with Crippen LogP contribution < -0.4 is 10.1 Å². The van der Waals surface area contributed by atoms with Crippen LogP contribution in [-0.4, -0.2) is 66.0 Å². The number of carbonyl (C=O) groups is 1. The molecule has 42 heavy (non-hydrogen) atoms. The fourth-order valence-corrected chi connectivity index (χ4v) is 4.16. The van der Waals surface area contributed by atoms with Crippen LogP contribution in [-0.2, 0) is 4.79 Å². The number of H-pyrrole nitrogens is 1. The molecule has 0 saturated heterocycles. The minimum Gasteiger partial charge on any atom is -0.476 e. The Kier molecular flexibility index (Phi) is 11.4. The number of rotatable bonds is 11. The monoisotopic (exact) mass is 647 g/mol. The summed E-state index contributed by atoms with van der Waals surface area (Å²) in [5.41, 5.74) is 1.86. The Bertz CT molecular complexity index is 1540. The number of carbonyl (C=O) groups excluding carboxylic acids is 1. The van der Waals surface area contributed by atoms with Gasteiger partial charge in [-0.1, -0.05) is 42.5 Å². The molecular formula is C30H30BrF4N5O2. The molecule has 2 aromatic carbocycles. The first kappa shape index (κ1) is 32.5. The number of amides is 1. The van der Waals surface area contributed by atoms with E-state index >= 15 is 0 Å². The van der Waals surface area contributed by atoms with Gasteiger partial charge in [0.05, 0.1) is 17.3 Å². The average molecular weight is 648 g/mol. The van der Waals surface area contributed by atoms with Crippen LogP contribution in [0.4, 0.5) is 17.6 Å². The molecule has 2 heterocycles. The normalized spacial score (nSPS) is 12.2. The number of hydrogen-bond donors (Lipinski definition) is 2. The van der Waals surface area contributed by atoms with E-state index in [4.69, 9.17) is 4.74 Å². The summed E-state index contributed by atoms with van der Waals surface area (Å²) in [6.45, 7) is 1.24. The molecule has 12 heteroatoms. The SMILES string of the molecule is Br.CN(C)C(=O)/C=C/CNCCOc1ccc(/C(=C(/CC(F)(F)F)c2ccccc2)c2ccc3n[nH]c(F)c3c2)cn1. The third kappa shape index (κ3) is 8.73. The zero-order valence-electron chi connectivity index (χ0n) is 22.9. The van der Waals surface area contributed by atoms with Crippen molar-refractivity contribution in [1.82, 2.24) is 25.4 Å². The fraction of sp³-hybridized carbons (Fsp3) is 0.233. The molecule has 222 valence electrons. The van der Waals surface area contributed by atoms with Gasteiger partial charge in [-0.3, -0.25) is 9.89 Å². The summed E-state index contributed by atoms with van der Waals surface area (Å²) in [5.74, 6) is -0.489. The standard InChI is InChI=1S/C30H29F4N5O2.BrH/c1-39(2)27(40)9-6-14-35-15-16-41-26-13-11-22(19-36-26)28(21-10-12-25-23(17-21)29(31)38-37-25)24(18-30(32,33)34)20-7-4-3-5-8-20;/h3-13,17,19,35H,14-16,18H2,1-2H3,(H,37,38);1H/b9-6+,28-24-;. The number of likely N-dealkylation sites (N-methyl/N-ethyl adjacent to an activating group) is 1. The lowest BCUT2D eigenvalue weighted by Crippen LogP contribution is -2.22. The Morgan fingerprint density at radius 3 is 2.45 bits per heavy atom. The number of aromatic nitrogens is 3. The van der Waals surface area contributed by atoms with Crippen LogP contribution in [0, 0.1) is 5.95 Å². The second kappa shape index (κ2) is 14.7. The smallest absolute Gasteiger partial charge is 0.393 e.